The van der Waals surface area contributed by atoms with E-state index in [-0.39, 0.29) is 0 Å². The Kier molecular flexibility index (Phi) is 7.79. The van der Waals surface area contributed by atoms with Gasteiger partial charge >= 0.3 is 0 Å². The fourth-order valence-corrected chi connectivity index (χ4v) is 1.63. The molecule has 0 fully saturated rings. The van der Waals surface area contributed by atoms with E-state index in [9.17, 15) is 0 Å². The summed E-state index contributed by atoms with van der Waals surface area (Å²) in [6, 6.07) is 3.70. The van der Waals surface area contributed by atoms with E-state index in [1.807, 2.05) is 19.1 Å². The second-order valence-electron chi connectivity index (χ2n) is 4.68. The lowest BCUT2D eigenvalue weighted by molar-refractivity contribution is 0.0305. The monoisotopic (exact) mass is 286 g/mol. The van der Waals surface area contributed by atoms with Gasteiger partial charge in [-0.3, -0.25) is 0 Å². The van der Waals surface area contributed by atoms with Crippen molar-refractivity contribution < 1.29 is 9.47 Å². The molecule has 108 valence electrons. The van der Waals surface area contributed by atoms with E-state index in [0.29, 0.717) is 30.8 Å². The summed E-state index contributed by atoms with van der Waals surface area (Å²) < 4.78 is 11.0. The number of halogens is 1. The van der Waals surface area contributed by atoms with Gasteiger partial charge in [0.2, 0.25) is 0 Å². The summed E-state index contributed by atoms with van der Waals surface area (Å²) in [5.74, 6) is 1.37. The van der Waals surface area contributed by atoms with Crippen LogP contribution in [0.5, 0.6) is 0 Å². The second-order valence-corrected chi connectivity index (χ2v) is 5.08. The minimum atomic E-state index is 0.406. The Bertz CT molecular complexity index is 372. The molecule has 0 atom stereocenters. The van der Waals surface area contributed by atoms with Crippen molar-refractivity contribution >= 4 is 17.4 Å². The van der Waals surface area contributed by atoms with E-state index < -0.39 is 0 Å². The number of ether oxygens (including phenoxy) is 2. The summed E-state index contributed by atoms with van der Waals surface area (Å²) in [5, 5.41) is 3.78. The fourth-order valence-electron chi connectivity index (χ4n) is 1.47. The van der Waals surface area contributed by atoms with Gasteiger partial charge < -0.3 is 14.8 Å². The normalized spacial score (nSPS) is 11.0. The first kappa shape index (κ1) is 16.2. The van der Waals surface area contributed by atoms with Gasteiger partial charge in [0.1, 0.15) is 5.82 Å². The topological polar surface area (TPSA) is 43.4 Å². The average molecular weight is 287 g/mol. The molecule has 0 aliphatic rings. The molecule has 4 nitrogen and oxygen atoms in total. The highest BCUT2D eigenvalue weighted by Crippen LogP contribution is 2.17. The standard InChI is InChI=1S/C14H23ClN2O2/c1-4-16-14-6-5-12(15)13(17-14)10-19-8-7-18-9-11(2)3/h5-6,11H,4,7-10H2,1-3H3,(H,16,17). The van der Waals surface area contributed by atoms with E-state index in [0.717, 1.165) is 24.7 Å². The summed E-state index contributed by atoms with van der Waals surface area (Å²) in [6.07, 6.45) is 0. The third-order valence-electron chi connectivity index (χ3n) is 2.34. The highest BCUT2D eigenvalue weighted by Gasteiger charge is 2.04. The second kappa shape index (κ2) is 9.13. The molecule has 0 saturated carbocycles. The Morgan fingerprint density at radius 3 is 2.68 bits per heavy atom. The van der Waals surface area contributed by atoms with E-state index in [2.05, 4.69) is 24.1 Å². The molecule has 1 aromatic heterocycles. The number of anilines is 1. The van der Waals surface area contributed by atoms with Crippen molar-refractivity contribution in [2.75, 3.05) is 31.7 Å². The van der Waals surface area contributed by atoms with Gasteiger partial charge in [-0.2, -0.15) is 0 Å². The number of pyridine rings is 1. The van der Waals surface area contributed by atoms with Gasteiger partial charge in [0.15, 0.2) is 0 Å². The molecule has 0 unspecified atom stereocenters. The van der Waals surface area contributed by atoms with E-state index in [1.54, 1.807) is 0 Å². The number of aromatic nitrogens is 1. The number of nitrogens with one attached hydrogen (secondary N) is 1. The maximum absolute atomic E-state index is 6.08. The van der Waals surface area contributed by atoms with Crippen LogP contribution in [0.3, 0.4) is 0 Å². The lowest BCUT2D eigenvalue weighted by Gasteiger charge is -2.09. The zero-order valence-electron chi connectivity index (χ0n) is 11.9. The molecular formula is C14H23ClN2O2. The maximum atomic E-state index is 6.08. The minimum Gasteiger partial charge on any atom is -0.379 e. The van der Waals surface area contributed by atoms with Crippen LogP contribution < -0.4 is 5.32 Å². The van der Waals surface area contributed by atoms with Crippen molar-refractivity contribution in [2.45, 2.75) is 27.4 Å². The molecule has 1 aromatic rings. The van der Waals surface area contributed by atoms with Gasteiger partial charge in [0.05, 0.1) is 30.5 Å². The molecule has 0 amide bonds. The van der Waals surface area contributed by atoms with Gasteiger partial charge in [-0.25, -0.2) is 4.98 Å². The Morgan fingerprint density at radius 2 is 2.00 bits per heavy atom. The first-order valence-corrected chi connectivity index (χ1v) is 7.06. The number of nitrogens with zero attached hydrogens (tertiary/aromatic N) is 1. The first-order valence-electron chi connectivity index (χ1n) is 6.68. The maximum Gasteiger partial charge on any atom is 0.126 e. The molecule has 0 radical (unpaired) electrons. The van der Waals surface area contributed by atoms with Crippen LogP contribution in [0.15, 0.2) is 12.1 Å². The number of rotatable bonds is 9. The van der Waals surface area contributed by atoms with Gasteiger partial charge in [0.25, 0.3) is 0 Å². The Balaban J connectivity index is 2.30. The van der Waals surface area contributed by atoms with Crippen molar-refractivity contribution in [3.05, 3.63) is 22.8 Å². The molecule has 5 heteroatoms. The Hall–Kier alpha value is -0.840. The smallest absolute Gasteiger partial charge is 0.126 e. The van der Waals surface area contributed by atoms with Crippen molar-refractivity contribution in [2.24, 2.45) is 5.92 Å². The molecule has 0 saturated heterocycles. The Morgan fingerprint density at radius 1 is 1.26 bits per heavy atom. The predicted octanol–water partition coefficient (Wildman–Crippen LogP) is 3.36. The predicted molar refractivity (Wildman–Crippen MR) is 78.7 cm³/mol. The van der Waals surface area contributed by atoms with Crippen LogP contribution in [0.25, 0.3) is 0 Å². The van der Waals surface area contributed by atoms with Crippen molar-refractivity contribution in [1.29, 1.82) is 0 Å². The van der Waals surface area contributed by atoms with Gasteiger partial charge in [-0.05, 0) is 25.0 Å². The average Bonchev–Trinajstić information content (AvgIpc) is 2.37. The van der Waals surface area contributed by atoms with Crippen LogP contribution >= 0.6 is 11.6 Å². The van der Waals surface area contributed by atoms with Crippen LogP contribution in [0.2, 0.25) is 5.02 Å². The van der Waals surface area contributed by atoms with E-state index in [4.69, 9.17) is 21.1 Å². The lowest BCUT2D eigenvalue weighted by Crippen LogP contribution is -2.09. The lowest BCUT2D eigenvalue weighted by atomic mass is 10.2. The number of hydrogen-bond donors (Lipinski definition) is 1. The molecule has 0 aliphatic carbocycles. The van der Waals surface area contributed by atoms with Crippen molar-refractivity contribution in [1.82, 2.24) is 4.98 Å². The van der Waals surface area contributed by atoms with Gasteiger partial charge in [0, 0.05) is 13.2 Å². The van der Waals surface area contributed by atoms with Crippen LogP contribution in [0.4, 0.5) is 5.82 Å². The fraction of sp³-hybridized carbons (Fsp3) is 0.643. The Labute approximate surface area is 120 Å². The summed E-state index contributed by atoms with van der Waals surface area (Å²) >= 11 is 6.08. The summed E-state index contributed by atoms with van der Waals surface area (Å²) in [5.41, 5.74) is 0.754. The highest BCUT2D eigenvalue weighted by atomic mass is 35.5. The summed E-state index contributed by atoms with van der Waals surface area (Å²) in [6.45, 7) is 9.42. The SMILES string of the molecule is CCNc1ccc(Cl)c(COCCOCC(C)C)n1. The minimum absolute atomic E-state index is 0.406. The molecule has 0 aromatic carbocycles. The zero-order chi connectivity index (χ0) is 14.1. The quantitative estimate of drug-likeness (QED) is 0.707. The van der Waals surface area contributed by atoms with Crippen LogP contribution in [0, 0.1) is 5.92 Å². The largest absolute Gasteiger partial charge is 0.379 e. The van der Waals surface area contributed by atoms with Gasteiger partial charge in [-0.1, -0.05) is 25.4 Å². The molecular weight excluding hydrogens is 264 g/mol. The molecule has 1 heterocycles. The van der Waals surface area contributed by atoms with Gasteiger partial charge in [-0.15, -0.1) is 0 Å². The number of hydrogen-bond acceptors (Lipinski definition) is 4. The third-order valence-corrected chi connectivity index (χ3v) is 2.68. The molecule has 0 aliphatic heterocycles. The third kappa shape index (κ3) is 6.76. The van der Waals surface area contributed by atoms with Crippen molar-refractivity contribution in [3.8, 4) is 0 Å². The molecule has 1 N–H and O–H groups in total. The molecule has 0 bridgehead atoms. The van der Waals surface area contributed by atoms with Crippen molar-refractivity contribution in [3.63, 3.8) is 0 Å². The first-order chi connectivity index (χ1) is 9.13. The molecule has 0 spiro atoms. The molecule has 1 rings (SSSR count). The van der Waals surface area contributed by atoms with E-state index in [1.165, 1.54) is 0 Å². The van der Waals surface area contributed by atoms with E-state index >= 15 is 0 Å². The highest BCUT2D eigenvalue weighted by molar-refractivity contribution is 6.31. The van der Waals surface area contributed by atoms with Crippen LogP contribution in [-0.2, 0) is 16.1 Å². The zero-order valence-corrected chi connectivity index (χ0v) is 12.7. The summed E-state index contributed by atoms with van der Waals surface area (Å²) in [7, 11) is 0. The van der Waals surface area contributed by atoms with Crippen LogP contribution in [-0.4, -0.2) is 31.3 Å². The van der Waals surface area contributed by atoms with Crippen LogP contribution in [0.1, 0.15) is 26.5 Å². The molecule has 19 heavy (non-hydrogen) atoms. The summed E-state index contributed by atoms with van der Waals surface area (Å²) in [4.78, 5) is 4.40.